The summed E-state index contributed by atoms with van der Waals surface area (Å²) >= 11 is 1.28. The van der Waals surface area contributed by atoms with Crippen molar-refractivity contribution in [2.24, 2.45) is 0 Å². The number of pyridine rings is 1. The second-order valence-electron chi connectivity index (χ2n) is 7.70. The maximum absolute atomic E-state index is 14.4. The molecule has 5 aromatic rings. The minimum atomic E-state index is -2.67. The van der Waals surface area contributed by atoms with Gasteiger partial charge in [-0.05, 0) is 55.3 Å². The molecule has 0 aliphatic carbocycles. The number of rotatable bonds is 5. The summed E-state index contributed by atoms with van der Waals surface area (Å²) in [6, 6.07) is 14.6. The van der Waals surface area contributed by atoms with Gasteiger partial charge in [-0.15, -0.1) is 5.10 Å². The minimum Gasteiger partial charge on any atom is -0.319 e. The number of halogens is 1. The highest BCUT2D eigenvalue weighted by molar-refractivity contribution is 7.99. The van der Waals surface area contributed by atoms with Crippen molar-refractivity contribution in [2.75, 3.05) is 13.3 Å². The van der Waals surface area contributed by atoms with Crippen LogP contribution in [0.1, 0.15) is 5.56 Å². The van der Waals surface area contributed by atoms with Crippen LogP contribution in [0, 0.1) is 5.82 Å². The standard InChI is InChI=1S/C22H18FN6OPS/c1-31(2,30)19-8-6-16(11-17(19)23)32-20-12-25-21-22(26-20)29(28-27-21)13-14-5-7-18-15(10-14)4-3-9-24-18/h3-12H,13H2,1-2H3. The van der Waals surface area contributed by atoms with Crippen LogP contribution in [0.25, 0.3) is 22.2 Å². The Morgan fingerprint density at radius 2 is 1.97 bits per heavy atom. The average molecular weight is 464 g/mol. The van der Waals surface area contributed by atoms with Crippen LogP contribution in [0.4, 0.5) is 4.39 Å². The van der Waals surface area contributed by atoms with E-state index in [0.29, 0.717) is 27.8 Å². The molecule has 0 spiro atoms. The second-order valence-corrected chi connectivity index (χ2v) is 12.0. The molecule has 3 aromatic heterocycles. The Bertz CT molecular complexity index is 1520. The van der Waals surface area contributed by atoms with Gasteiger partial charge < -0.3 is 4.57 Å². The van der Waals surface area contributed by atoms with Crippen molar-refractivity contribution in [3.63, 3.8) is 0 Å². The third-order valence-corrected chi connectivity index (χ3v) is 7.35. The lowest BCUT2D eigenvalue weighted by Crippen LogP contribution is -2.08. The Morgan fingerprint density at radius 3 is 2.78 bits per heavy atom. The summed E-state index contributed by atoms with van der Waals surface area (Å²) in [6.07, 6.45) is 3.36. The third-order valence-electron chi connectivity index (χ3n) is 4.93. The number of aromatic nitrogens is 6. The molecule has 0 aliphatic rings. The molecule has 0 aliphatic heterocycles. The van der Waals surface area contributed by atoms with Crippen molar-refractivity contribution in [1.82, 2.24) is 29.9 Å². The van der Waals surface area contributed by atoms with E-state index < -0.39 is 13.0 Å². The minimum absolute atomic E-state index is 0.247. The van der Waals surface area contributed by atoms with Gasteiger partial charge in [0.15, 0.2) is 5.65 Å². The zero-order valence-corrected chi connectivity index (χ0v) is 19.0. The Morgan fingerprint density at radius 1 is 1.09 bits per heavy atom. The van der Waals surface area contributed by atoms with E-state index in [9.17, 15) is 8.96 Å². The largest absolute Gasteiger partial charge is 0.319 e. The van der Waals surface area contributed by atoms with Gasteiger partial charge in [-0.25, -0.2) is 19.0 Å². The quantitative estimate of drug-likeness (QED) is 0.357. The third kappa shape index (κ3) is 4.13. The number of fused-ring (bicyclic) bond motifs is 2. The zero-order valence-electron chi connectivity index (χ0n) is 17.3. The molecular formula is C22H18FN6OPS. The summed E-state index contributed by atoms with van der Waals surface area (Å²) in [5.41, 5.74) is 2.96. The van der Waals surface area contributed by atoms with E-state index in [0.717, 1.165) is 16.5 Å². The first kappa shape index (κ1) is 20.7. The Kier molecular flexibility index (Phi) is 5.23. The molecular weight excluding hydrogens is 446 g/mol. The molecule has 2 aromatic carbocycles. The van der Waals surface area contributed by atoms with Crippen LogP contribution in [-0.2, 0) is 11.1 Å². The summed E-state index contributed by atoms with van der Waals surface area (Å²) in [4.78, 5) is 14.0. The van der Waals surface area contributed by atoms with Crippen LogP contribution in [-0.4, -0.2) is 43.3 Å². The predicted molar refractivity (Wildman–Crippen MR) is 124 cm³/mol. The summed E-state index contributed by atoms with van der Waals surface area (Å²) in [7, 11) is -2.67. The van der Waals surface area contributed by atoms with Gasteiger partial charge in [0.25, 0.3) is 0 Å². The second kappa shape index (κ2) is 8.07. The van der Waals surface area contributed by atoms with Crippen molar-refractivity contribution < 1.29 is 8.96 Å². The zero-order chi connectivity index (χ0) is 22.3. The predicted octanol–water partition coefficient (Wildman–Crippen LogP) is 4.36. The molecule has 32 heavy (non-hydrogen) atoms. The van der Waals surface area contributed by atoms with Gasteiger partial charge in [0.05, 0.1) is 18.3 Å². The summed E-state index contributed by atoms with van der Waals surface area (Å²) in [5.74, 6) is -0.477. The van der Waals surface area contributed by atoms with E-state index in [4.69, 9.17) is 0 Å². The van der Waals surface area contributed by atoms with Gasteiger partial charge in [-0.1, -0.05) is 29.1 Å². The van der Waals surface area contributed by atoms with Crippen LogP contribution < -0.4 is 5.30 Å². The molecule has 5 rings (SSSR count). The Labute approximate surface area is 187 Å². The highest BCUT2D eigenvalue weighted by Gasteiger charge is 2.17. The fourth-order valence-electron chi connectivity index (χ4n) is 3.40. The molecule has 7 nitrogen and oxygen atoms in total. The lowest BCUT2D eigenvalue weighted by atomic mass is 10.1. The fraction of sp³-hybridized carbons (Fsp3) is 0.136. The fourth-order valence-corrected chi connectivity index (χ4v) is 5.19. The molecule has 160 valence electrons. The van der Waals surface area contributed by atoms with E-state index in [1.807, 2.05) is 24.3 Å². The molecule has 0 unspecified atom stereocenters. The first-order valence-electron chi connectivity index (χ1n) is 9.80. The lowest BCUT2D eigenvalue weighted by Gasteiger charge is -2.09. The highest BCUT2D eigenvalue weighted by Crippen LogP contribution is 2.37. The lowest BCUT2D eigenvalue weighted by molar-refractivity contribution is 0.584. The topological polar surface area (TPSA) is 86.5 Å². The molecule has 0 N–H and O–H groups in total. The summed E-state index contributed by atoms with van der Waals surface area (Å²) in [5, 5.41) is 10.2. The van der Waals surface area contributed by atoms with Crippen molar-refractivity contribution in [2.45, 2.75) is 16.5 Å². The van der Waals surface area contributed by atoms with E-state index in [1.165, 1.54) is 17.8 Å². The monoisotopic (exact) mass is 464 g/mol. The molecule has 0 saturated carbocycles. The van der Waals surface area contributed by atoms with Gasteiger partial charge in [0, 0.05) is 21.8 Å². The maximum atomic E-state index is 14.4. The van der Waals surface area contributed by atoms with Gasteiger partial charge in [0.2, 0.25) is 5.65 Å². The van der Waals surface area contributed by atoms with Gasteiger partial charge >= 0.3 is 0 Å². The number of hydrogen-bond donors (Lipinski definition) is 0. The number of hydrogen-bond acceptors (Lipinski definition) is 7. The molecule has 10 heteroatoms. The molecule has 0 amide bonds. The van der Waals surface area contributed by atoms with Gasteiger partial charge in [0.1, 0.15) is 18.0 Å². The van der Waals surface area contributed by atoms with Crippen LogP contribution in [0.5, 0.6) is 0 Å². The van der Waals surface area contributed by atoms with Crippen molar-refractivity contribution in [3.05, 3.63) is 72.3 Å². The van der Waals surface area contributed by atoms with Gasteiger partial charge in [-0.3, -0.25) is 4.98 Å². The van der Waals surface area contributed by atoms with Crippen LogP contribution in [0.3, 0.4) is 0 Å². The SMILES string of the molecule is CP(C)(=O)c1ccc(Sc2cnc3nnn(Cc4ccc5ncccc5c4)c3n2)cc1F. The van der Waals surface area contributed by atoms with E-state index in [-0.39, 0.29) is 5.30 Å². The highest BCUT2D eigenvalue weighted by atomic mass is 32.2. The summed E-state index contributed by atoms with van der Waals surface area (Å²) < 4.78 is 28.3. The average Bonchev–Trinajstić information content (AvgIpc) is 3.15. The van der Waals surface area contributed by atoms with E-state index in [2.05, 4.69) is 31.3 Å². The smallest absolute Gasteiger partial charge is 0.221 e. The van der Waals surface area contributed by atoms with Crippen molar-refractivity contribution in [3.8, 4) is 0 Å². The van der Waals surface area contributed by atoms with Gasteiger partial charge in [-0.2, -0.15) is 0 Å². The normalized spacial score (nSPS) is 12.0. The van der Waals surface area contributed by atoms with Crippen LogP contribution in [0.15, 0.2) is 70.8 Å². The first-order valence-corrected chi connectivity index (χ1v) is 13.2. The molecule has 0 bridgehead atoms. The van der Waals surface area contributed by atoms with Crippen LogP contribution in [0.2, 0.25) is 0 Å². The number of benzene rings is 2. The molecule has 0 fully saturated rings. The van der Waals surface area contributed by atoms with Crippen LogP contribution >= 0.6 is 18.9 Å². The molecule has 0 radical (unpaired) electrons. The van der Waals surface area contributed by atoms with E-state index in [1.54, 1.807) is 42.5 Å². The molecule has 3 heterocycles. The maximum Gasteiger partial charge on any atom is 0.221 e. The van der Waals surface area contributed by atoms with Crippen molar-refractivity contribution in [1.29, 1.82) is 0 Å². The van der Waals surface area contributed by atoms with Crippen molar-refractivity contribution >= 4 is 46.4 Å². The molecule has 0 atom stereocenters. The molecule has 0 saturated heterocycles. The van der Waals surface area contributed by atoms with E-state index >= 15 is 0 Å². The summed E-state index contributed by atoms with van der Waals surface area (Å²) in [6.45, 7) is 3.59. The Hall–Kier alpha value is -3.16. The number of nitrogens with zero attached hydrogens (tertiary/aromatic N) is 6. The first-order chi connectivity index (χ1) is 15.4. The Balaban J connectivity index is 1.43.